The van der Waals surface area contributed by atoms with E-state index < -0.39 is 0 Å². The lowest BCUT2D eigenvalue weighted by molar-refractivity contribution is 0.126. The Kier molecular flexibility index (Phi) is 4.14. The highest BCUT2D eigenvalue weighted by Crippen LogP contribution is 2.49. The molecule has 2 fully saturated rings. The van der Waals surface area contributed by atoms with Gasteiger partial charge in [0.25, 0.3) is 0 Å². The van der Waals surface area contributed by atoms with Gasteiger partial charge in [-0.2, -0.15) is 12.6 Å². The molecule has 2 aromatic rings. The number of fused-ring (bicyclic) bond motifs is 2. The molecule has 2 aliphatic rings. The normalized spacial score (nSPS) is 29.1. The van der Waals surface area contributed by atoms with E-state index in [0.29, 0.717) is 0 Å². The van der Waals surface area contributed by atoms with Crippen molar-refractivity contribution >= 4 is 35.3 Å². The second-order valence-corrected chi connectivity index (χ2v) is 9.57. The Balaban J connectivity index is 1.60. The van der Waals surface area contributed by atoms with Gasteiger partial charge >= 0.3 is 0 Å². The fraction of sp³-hybridized carbons (Fsp3) is 0.556. The highest BCUT2D eigenvalue weighted by molar-refractivity contribution is 7.82. The molecule has 0 radical (unpaired) electrons. The third-order valence-electron chi connectivity index (χ3n) is 5.64. The Morgan fingerprint density at radius 3 is 2.09 bits per heavy atom. The van der Waals surface area contributed by atoms with Crippen molar-refractivity contribution in [1.29, 1.82) is 0 Å². The summed E-state index contributed by atoms with van der Waals surface area (Å²) in [6.45, 7) is 0. The minimum atomic E-state index is -0.0949. The van der Waals surface area contributed by atoms with Crippen LogP contribution < -0.4 is 0 Å². The SMILES string of the molecule is CN1C2CCC1CC(CC(S)(c1cccs1)c1cccs1)C2. The first-order chi connectivity index (χ1) is 10.7. The predicted molar refractivity (Wildman–Crippen MR) is 100 cm³/mol. The number of piperidine rings is 1. The van der Waals surface area contributed by atoms with E-state index >= 15 is 0 Å². The van der Waals surface area contributed by atoms with E-state index in [1.807, 2.05) is 22.7 Å². The minimum absolute atomic E-state index is 0.0949. The van der Waals surface area contributed by atoms with Crippen molar-refractivity contribution in [2.45, 2.75) is 48.9 Å². The fourth-order valence-corrected chi connectivity index (χ4v) is 6.95. The summed E-state index contributed by atoms with van der Waals surface area (Å²) in [6.07, 6.45) is 6.68. The monoisotopic (exact) mass is 349 g/mol. The second-order valence-electron chi connectivity index (χ2n) is 6.91. The third kappa shape index (κ3) is 2.58. The van der Waals surface area contributed by atoms with Crippen LogP contribution in [0.3, 0.4) is 0 Å². The molecule has 2 aromatic heterocycles. The third-order valence-corrected chi connectivity index (χ3v) is 8.67. The number of rotatable bonds is 4. The molecule has 2 unspecified atom stereocenters. The van der Waals surface area contributed by atoms with Gasteiger partial charge in [-0.25, -0.2) is 0 Å². The maximum atomic E-state index is 5.25. The van der Waals surface area contributed by atoms with Crippen LogP contribution >= 0.6 is 35.3 Å². The molecule has 22 heavy (non-hydrogen) atoms. The van der Waals surface area contributed by atoms with Crippen LogP contribution in [0.5, 0.6) is 0 Å². The van der Waals surface area contributed by atoms with E-state index in [0.717, 1.165) is 18.0 Å². The summed E-state index contributed by atoms with van der Waals surface area (Å²) in [4.78, 5) is 5.45. The van der Waals surface area contributed by atoms with Crippen molar-refractivity contribution in [3.05, 3.63) is 44.8 Å². The molecule has 0 spiro atoms. The van der Waals surface area contributed by atoms with Gasteiger partial charge in [0.15, 0.2) is 0 Å². The van der Waals surface area contributed by atoms with Gasteiger partial charge in [-0.05, 0) is 68.0 Å². The van der Waals surface area contributed by atoms with E-state index in [1.54, 1.807) is 0 Å². The molecule has 4 heteroatoms. The number of thiol groups is 1. The summed E-state index contributed by atoms with van der Waals surface area (Å²) in [5.74, 6) is 0.801. The molecule has 2 bridgehead atoms. The number of hydrogen-bond acceptors (Lipinski definition) is 4. The van der Waals surface area contributed by atoms with Crippen molar-refractivity contribution in [3.63, 3.8) is 0 Å². The van der Waals surface area contributed by atoms with Gasteiger partial charge < -0.3 is 4.90 Å². The van der Waals surface area contributed by atoms with Gasteiger partial charge in [0.05, 0.1) is 4.75 Å². The van der Waals surface area contributed by atoms with Crippen LogP contribution in [-0.2, 0) is 4.75 Å². The Labute approximate surface area is 146 Å². The Bertz CT molecular complexity index is 556. The largest absolute Gasteiger partial charge is 0.300 e. The Hall–Kier alpha value is -0.290. The van der Waals surface area contributed by atoms with Crippen LogP contribution in [0.1, 0.15) is 41.9 Å². The molecule has 2 saturated heterocycles. The molecule has 0 saturated carbocycles. The van der Waals surface area contributed by atoms with Crippen LogP contribution in [0.2, 0.25) is 0 Å². The van der Waals surface area contributed by atoms with Gasteiger partial charge in [-0.15, -0.1) is 22.7 Å². The van der Waals surface area contributed by atoms with Crippen LogP contribution in [0.25, 0.3) is 0 Å². The summed E-state index contributed by atoms with van der Waals surface area (Å²) in [6, 6.07) is 10.5. The molecular weight excluding hydrogens is 326 g/mol. The van der Waals surface area contributed by atoms with E-state index in [4.69, 9.17) is 12.6 Å². The zero-order valence-corrected chi connectivity index (χ0v) is 15.5. The van der Waals surface area contributed by atoms with Gasteiger partial charge in [0.2, 0.25) is 0 Å². The Morgan fingerprint density at radius 2 is 1.64 bits per heavy atom. The topological polar surface area (TPSA) is 3.24 Å². The maximum Gasteiger partial charge on any atom is 0.0814 e. The molecule has 2 atom stereocenters. The van der Waals surface area contributed by atoms with Crippen LogP contribution in [0.15, 0.2) is 35.0 Å². The molecule has 2 aliphatic heterocycles. The summed E-state index contributed by atoms with van der Waals surface area (Å²) in [5.41, 5.74) is 0. The van der Waals surface area contributed by atoms with Crippen LogP contribution in [0, 0.1) is 5.92 Å². The zero-order chi connectivity index (χ0) is 15.2. The fourth-order valence-electron chi connectivity index (χ4n) is 4.46. The molecule has 0 aromatic carbocycles. The molecular formula is C18H23NS3. The van der Waals surface area contributed by atoms with Gasteiger partial charge in [0.1, 0.15) is 0 Å². The zero-order valence-electron chi connectivity index (χ0n) is 12.9. The molecule has 1 nitrogen and oxygen atoms in total. The smallest absolute Gasteiger partial charge is 0.0814 e. The second kappa shape index (κ2) is 5.97. The first-order valence-corrected chi connectivity index (χ1v) is 10.4. The van der Waals surface area contributed by atoms with Crippen molar-refractivity contribution in [2.75, 3.05) is 7.05 Å². The number of hydrogen-bond donors (Lipinski definition) is 1. The maximum absolute atomic E-state index is 5.25. The van der Waals surface area contributed by atoms with E-state index in [2.05, 4.69) is 47.0 Å². The number of thiophene rings is 2. The summed E-state index contributed by atoms with van der Waals surface area (Å²) < 4.78 is -0.0949. The standard InChI is InChI=1S/C18H23NS3/c1-19-14-6-7-15(19)11-13(10-14)12-18(20,16-4-2-8-21-16)17-5-3-9-22-17/h2-5,8-9,13-15,20H,6-7,10-12H2,1H3. The van der Waals surface area contributed by atoms with Crippen molar-refractivity contribution in [3.8, 4) is 0 Å². The average Bonchev–Trinajstić information content (AvgIpc) is 3.22. The van der Waals surface area contributed by atoms with E-state index in [1.165, 1.54) is 41.9 Å². The van der Waals surface area contributed by atoms with Gasteiger partial charge in [-0.1, -0.05) is 12.1 Å². The number of nitrogens with zero attached hydrogens (tertiary/aromatic N) is 1. The minimum Gasteiger partial charge on any atom is -0.300 e. The van der Waals surface area contributed by atoms with Gasteiger partial charge in [-0.3, -0.25) is 0 Å². The van der Waals surface area contributed by atoms with Crippen molar-refractivity contribution < 1.29 is 0 Å². The predicted octanol–water partition coefficient (Wildman–Crippen LogP) is 5.25. The van der Waals surface area contributed by atoms with Crippen molar-refractivity contribution in [1.82, 2.24) is 4.90 Å². The van der Waals surface area contributed by atoms with E-state index in [9.17, 15) is 0 Å². The Morgan fingerprint density at radius 1 is 1.09 bits per heavy atom. The molecule has 0 N–H and O–H groups in total. The first kappa shape index (κ1) is 15.3. The quantitative estimate of drug-likeness (QED) is 0.738. The summed E-state index contributed by atoms with van der Waals surface area (Å²) >= 11 is 8.96. The highest BCUT2D eigenvalue weighted by Gasteiger charge is 2.42. The van der Waals surface area contributed by atoms with E-state index in [-0.39, 0.29) is 4.75 Å². The van der Waals surface area contributed by atoms with Crippen LogP contribution in [0.4, 0.5) is 0 Å². The lowest BCUT2D eigenvalue weighted by Gasteiger charge is -2.40. The molecule has 0 amide bonds. The lowest BCUT2D eigenvalue weighted by Crippen LogP contribution is -2.41. The average molecular weight is 350 g/mol. The molecule has 118 valence electrons. The molecule has 4 rings (SSSR count). The molecule has 0 aliphatic carbocycles. The highest BCUT2D eigenvalue weighted by atomic mass is 32.1. The molecule has 4 heterocycles. The van der Waals surface area contributed by atoms with Gasteiger partial charge in [0, 0.05) is 21.8 Å². The van der Waals surface area contributed by atoms with Crippen LogP contribution in [-0.4, -0.2) is 24.0 Å². The first-order valence-electron chi connectivity index (χ1n) is 8.19. The lowest BCUT2D eigenvalue weighted by atomic mass is 9.82. The summed E-state index contributed by atoms with van der Waals surface area (Å²) in [7, 11) is 2.32. The van der Waals surface area contributed by atoms with Crippen molar-refractivity contribution in [2.24, 2.45) is 5.92 Å². The summed E-state index contributed by atoms with van der Waals surface area (Å²) in [5, 5.41) is 4.37.